The third-order valence-corrected chi connectivity index (χ3v) is 3.87. The van der Waals surface area contributed by atoms with Gasteiger partial charge in [0.15, 0.2) is 0 Å². The van der Waals surface area contributed by atoms with E-state index < -0.39 is 0 Å². The average Bonchev–Trinajstić information content (AvgIpc) is 2.63. The van der Waals surface area contributed by atoms with Crippen molar-refractivity contribution in [2.45, 2.75) is 0 Å². The minimum absolute atomic E-state index is 0.246. The van der Waals surface area contributed by atoms with Gasteiger partial charge in [0.1, 0.15) is 18.0 Å². The molecule has 3 N–H and O–H groups in total. The summed E-state index contributed by atoms with van der Waals surface area (Å²) in [6, 6.07) is 16.9. The SMILES string of the molecule is C=CC(=O)Nc1ccc(Nc2cc(Nc3cccc(Br)c3)ncn2)cc1. The van der Waals surface area contributed by atoms with Crippen molar-refractivity contribution in [1.82, 2.24) is 9.97 Å². The van der Waals surface area contributed by atoms with Crippen molar-refractivity contribution in [3.8, 4) is 0 Å². The van der Waals surface area contributed by atoms with Gasteiger partial charge < -0.3 is 16.0 Å². The topological polar surface area (TPSA) is 78.9 Å². The van der Waals surface area contributed by atoms with Gasteiger partial charge >= 0.3 is 0 Å². The number of carbonyl (C=O) groups is 1. The number of amides is 1. The largest absolute Gasteiger partial charge is 0.340 e. The number of hydrogen-bond donors (Lipinski definition) is 3. The van der Waals surface area contributed by atoms with Crippen LogP contribution in [0, 0.1) is 0 Å². The number of nitrogens with one attached hydrogen (secondary N) is 3. The Morgan fingerprint density at radius 2 is 1.58 bits per heavy atom. The summed E-state index contributed by atoms with van der Waals surface area (Å²) in [6.07, 6.45) is 2.72. The zero-order valence-electron chi connectivity index (χ0n) is 13.7. The Morgan fingerprint density at radius 1 is 0.923 bits per heavy atom. The standard InChI is InChI=1S/C19H16BrN5O/c1-2-19(26)25-15-8-6-14(7-9-15)23-17-11-18(22-12-21-17)24-16-5-3-4-13(20)10-16/h2-12H,1H2,(H,25,26)(H2,21,22,23,24). The molecule has 0 aliphatic rings. The van der Waals surface area contributed by atoms with Gasteiger partial charge in [-0.05, 0) is 48.5 Å². The zero-order chi connectivity index (χ0) is 18.4. The summed E-state index contributed by atoms with van der Waals surface area (Å²) in [4.78, 5) is 19.7. The van der Waals surface area contributed by atoms with E-state index in [1.54, 1.807) is 12.1 Å². The van der Waals surface area contributed by atoms with E-state index in [1.807, 2.05) is 42.5 Å². The monoisotopic (exact) mass is 409 g/mol. The molecule has 1 aromatic heterocycles. The van der Waals surface area contributed by atoms with Crippen molar-refractivity contribution in [2.24, 2.45) is 0 Å². The summed E-state index contributed by atoms with van der Waals surface area (Å²) < 4.78 is 0.985. The predicted molar refractivity (Wildman–Crippen MR) is 108 cm³/mol. The van der Waals surface area contributed by atoms with Crippen LogP contribution in [0.2, 0.25) is 0 Å². The van der Waals surface area contributed by atoms with Gasteiger partial charge in [-0.15, -0.1) is 0 Å². The van der Waals surface area contributed by atoms with Gasteiger partial charge in [-0.2, -0.15) is 0 Å². The minimum Gasteiger partial charge on any atom is -0.340 e. The normalized spacial score (nSPS) is 10.0. The van der Waals surface area contributed by atoms with E-state index in [0.717, 1.165) is 15.8 Å². The Hall–Kier alpha value is -3.19. The second kappa shape index (κ2) is 8.26. The van der Waals surface area contributed by atoms with Crippen LogP contribution in [0.15, 0.2) is 78.1 Å². The highest BCUT2D eigenvalue weighted by Gasteiger charge is 2.02. The first kappa shape index (κ1) is 17.6. The lowest BCUT2D eigenvalue weighted by molar-refractivity contribution is -0.111. The fourth-order valence-corrected chi connectivity index (χ4v) is 2.59. The van der Waals surface area contributed by atoms with E-state index in [9.17, 15) is 4.79 Å². The van der Waals surface area contributed by atoms with Gasteiger partial charge in [0, 0.05) is 27.6 Å². The first-order valence-corrected chi connectivity index (χ1v) is 8.57. The molecular weight excluding hydrogens is 394 g/mol. The molecule has 0 saturated heterocycles. The highest BCUT2D eigenvalue weighted by Crippen LogP contribution is 2.22. The van der Waals surface area contributed by atoms with Crippen LogP contribution in [0.25, 0.3) is 0 Å². The van der Waals surface area contributed by atoms with Crippen LogP contribution in [-0.2, 0) is 4.79 Å². The van der Waals surface area contributed by atoms with E-state index in [-0.39, 0.29) is 5.91 Å². The van der Waals surface area contributed by atoms with Crippen LogP contribution in [0.1, 0.15) is 0 Å². The quantitative estimate of drug-likeness (QED) is 0.507. The van der Waals surface area contributed by atoms with E-state index in [1.165, 1.54) is 12.4 Å². The van der Waals surface area contributed by atoms with Crippen LogP contribution < -0.4 is 16.0 Å². The fourth-order valence-electron chi connectivity index (χ4n) is 2.19. The van der Waals surface area contributed by atoms with Gasteiger partial charge in [0.05, 0.1) is 0 Å². The fraction of sp³-hybridized carbons (Fsp3) is 0. The zero-order valence-corrected chi connectivity index (χ0v) is 15.3. The number of nitrogens with zero attached hydrogens (tertiary/aromatic N) is 2. The minimum atomic E-state index is -0.246. The van der Waals surface area contributed by atoms with Crippen LogP contribution in [0.4, 0.5) is 28.7 Å². The Morgan fingerprint density at radius 3 is 2.23 bits per heavy atom. The Kier molecular flexibility index (Phi) is 5.60. The molecule has 0 aliphatic carbocycles. The average molecular weight is 410 g/mol. The molecule has 2 aromatic carbocycles. The Labute approximate surface area is 159 Å². The van der Waals surface area contributed by atoms with E-state index in [0.29, 0.717) is 17.3 Å². The maximum Gasteiger partial charge on any atom is 0.247 e. The first-order chi connectivity index (χ1) is 12.6. The molecule has 0 radical (unpaired) electrons. The lowest BCUT2D eigenvalue weighted by Crippen LogP contribution is -2.07. The Bertz CT molecular complexity index is 927. The van der Waals surface area contributed by atoms with E-state index in [2.05, 4.69) is 48.4 Å². The summed E-state index contributed by atoms with van der Waals surface area (Å²) >= 11 is 3.44. The summed E-state index contributed by atoms with van der Waals surface area (Å²) in [7, 11) is 0. The summed E-state index contributed by atoms with van der Waals surface area (Å²) in [6.45, 7) is 3.43. The van der Waals surface area contributed by atoms with E-state index in [4.69, 9.17) is 0 Å². The molecule has 0 spiro atoms. The number of halogens is 1. The molecule has 1 amide bonds. The number of aromatic nitrogens is 2. The molecular formula is C19H16BrN5O. The molecule has 0 atom stereocenters. The molecule has 6 nitrogen and oxygen atoms in total. The van der Waals surface area contributed by atoms with Crippen molar-refractivity contribution >= 4 is 50.5 Å². The van der Waals surface area contributed by atoms with Gasteiger partial charge in [-0.1, -0.05) is 28.6 Å². The number of rotatable bonds is 6. The lowest BCUT2D eigenvalue weighted by Gasteiger charge is -2.09. The van der Waals surface area contributed by atoms with Crippen molar-refractivity contribution in [1.29, 1.82) is 0 Å². The van der Waals surface area contributed by atoms with Crippen LogP contribution in [0.5, 0.6) is 0 Å². The number of anilines is 5. The molecule has 0 unspecified atom stereocenters. The molecule has 3 aromatic rings. The molecule has 1 heterocycles. The van der Waals surface area contributed by atoms with Crippen molar-refractivity contribution in [3.63, 3.8) is 0 Å². The number of benzene rings is 2. The first-order valence-electron chi connectivity index (χ1n) is 7.77. The van der Waals surface area contributed by atoms with E-state index >= 15 is 0 Å². The molecule has 3 rings (SSSR count). The van der Waals surface area contributed by atoms with Crippen molar-refractivity contribution in [2.75, 3.05) is 16.0 Å². The van der Waals surface area contributed by atoms with Gasteiger partial charge in [-0.25, -0.2) is 9.97 Å². The summed E-state index contributed by atoms with van der Waals surface area (Å²) in [5, 5.41) is 9.13. The molecule has 26 heavy (non-hydrogen) atoms. The third kappa shape index (κ3) is 4.90. The smallest absolute Gasteiger partial charge is 0.247 e. The molecule has 7 heteroatoms. The summed E-state index contributed by atoms with van der Waals surface area (Å²) in [5.41, 5.74) is 2.46. The maximum atomic E-state index is 11.3. The number of carbonyl (C=O) groups excluding carboxylic acids is 1. The highest BCUT2D eigenvalue weighted by molar-refractivity contribution is 9.10. The van der Waals surface area contributed by atoms with Gasteiger partial charge in [0.2, 0.25) is 5.91 Å². The Balaban J connectivity index is 1.68. The maximum absolute atomic E-state index is 11.3. The second-order valence-electron chi connectivity index (χ2n) is 5.32. The molecule has 0 fully saturated rings. The van der Waals surface area contributed by atoms with Gasteiger partial charge in [-0.3, -0.25) is 4.79 Å². The molecule has 0 bridgehead atoms. The summed E-state index contributed by atoms with van der Waals surface area (Å²) in [5.74, 6) is 1.08. The predicted octanol–water partition coefficient (Wildman–Crippen LogP) is 4.85. The lowest BCUT2D eigenvalue weighted by atomic mass is 10.2. The molecule has 0 saturated carbocycles. The number of hydrogen-bond acceptors (Lipinski definition) is 5. The van der Waals surface area contributed by atoms with Gasteiger partial charge in [0.25, 0.3) is 0 Å². The second-order valence-corrected chi connectivity index (χ2v) is 6.24. The molecule has 130 valence electrons. The van der Waals surface area contributed by atoms with Crippen LogP contribution in [-0.4, -0.2) is 15.9 Å². The third-order valence-electron chi connectivity index (χ3n) is 3.37. The van der Waals surface area contributed by atoms with Crippen molar-refractivity contribution in [3.05, 3.63) is 78.1 Å². The molecule has 0 aliphatic heterocycles. The highest BCUT2D eigenvalue weighted by atomic mass is 79.9. The van der Waals surface area contributed by atoms with Crippen LogP contribution in [0.3, 0.4) is 0 Å². The van der Waals surface area contributed by atoms with Crippen molar-refractivity contribution < 1.29 is 4.79 Å². The van der Waals surface area contributed by atoms with Crippen LogP contribution >= 0.6 is 15.9 Å².